The lowest BCUT2D eigenvalue weighted by molar-refractivity contribution is 0.228. The lowest BCUT2D eigenvalue weighted by Gasteiger charge is -2.32. The van der Waals surface area contributed by atoms with Crippen molar-refractivity contribution in [3.8, 4) is 0 Å². The van der Waals surface area contributed by atoms with Crippen molar-refractivity contribution in [2.45, 2.75) is 45.1 Å². The molecule has 0 N–H and O–H groups in total. The van der Waals surface area contributed by atoms with Gasteiger partial charge >= 0.3 is 0 Å². The number of likely N-dealkylation sites (N-methyl/N-ethyl adjacent to an activating group) is 1. The van der Waals surface area contributed by atoms with E-state index >= 15 is 0 Å². The van der Waals surface area contributed by atoms with Gasteiger partial charge in [-0.1, -0.05) is 61.0 Å². The third-order valence-electron chi connectivity index (χ3n) is 6.05. The first-order valence-electron chi connectivity index (χ1n) is 9.13. The molecule has 3 atom stereocenters. The van der Waals surface area contributed by atoms with Crippen LogP contribution in [-0.4, -0.2) is 24.0 Å². The van der Waals surface area contributed by atoms with Crippen LogP contribution >= 0.6 is 12.4 Å². The monoisotopic (exact) mass is 341 g/mol. The summed E-state index contributed by atoms with van der Waals surface area (Å²) in [4.78, 5) is 2.74. The Balaban J connectivity index is 0.00000169. The van der Waals surface area contributed by atoms with E-state index in [1.54, 1.807) is 11.1 Å². The Morgan fingerprint density at radius 3 is 2.71 bits per heavy atom. The molecular weight excluding hydrogens is 314 g/mol. The second-order valence-electron chi connectivity index (χ2n) is 7.36. The number of fused-ring (bicyclic) bond motifs is 3. The van der Waals surface area contributed by atoms with Crippen molar-refractivity contribution in [1.29, 1.82) is 0 Å². The zero-order chi connectivity index (χ0) is 15.8. The van der Waals surface area contributed by atoms with Crippen molar-refractivity contribution in [2.75, 3.05) is 13.1 Å². The zero-order valence-electron chi connectivity index (χ0n) is 14.7. The van der Waals surface area contributed by atoms with Gasteiger partial charge in [0.15, 0.2) is 0 Å². The minimum Gasteiger partial charge on any atom is -0.299 e. The van der Waals surface area contributed by atoms with Crippen LogP contribution in [-0.2, 0) is 12.8 Å². The highest BCUT2D eigenvalue weighted by Gasteiger charge is 2.43. The molecule has 1 saturated heterocycles. The molecule has 1 heterocycles. The van der Waals surface area contributed by atoms with Crippen molar-refractivity contribution in [2.24, 2.45) is 5.92 Å². The molecular formula is C22H28ClN. The predicted octanol–water partition coefficient (Wildman–Crippen LogP) is 5.01. The lowest BCUT2D eigenvalue weighted by Crippen LogP contribution is -2.35. The van der Waals surface area contributed by atoms with Crippen LogP contribution in [0.5, 0.6) is 0 Å². The highest BCUT2D eigenvalue weighted by Crippen LogP contribution is 2.45. The van der Waals surface area contributed by atoms with Gasteiger partial charge in [-0.25, -0.2) is 0 Å². The van der Waals surface area contributed by atoms with Crippen LogP contribution in [0.15, 0.2) is 48.5 Å². The van der Waals surface area contributed by atoms with Gasteiger partial charge in [0.1, 0.15) is 0 Å². The number of hydrogen-bond donors (Lipinski definition) is 0. The predicted molar refractivity (Wildman–Crippen MR) is 104 cm³/mol. The second kappa shape index (κ2) is 7.29. The van der Waals surface area contributed by atoms with Crippen LogP contribution < -0.4 is 0 Å². The maximum Gasteiger partial charge on any atom is 0.0170 e. The van der Waals surface area contributed by atoms with Gasteiger partial charge in [0, 0.05) is 18.5 Å². The fourth-order valence-electron chi connectivity index (χ4n) is 4.96. The quantitative estimate of drug-likeness (QED) is 0.758. The second-order valence-corrected chi connectivity index (χ2v) is 7.36. The summed E-state index contributed by atoms with van der Waals surface area (Å²) in [7, 11) is 0. The van der Waals surface area contributed by atoms with Gasteiger partial charge in [-0.2, -0.15) is 0 Å². The fraction of sp³-hybridized carbons (Fsp3) is 0.455. The molecule has 3 unspecified atom stereocenters. The van der Waals surface area contributed by atoms with E-state index in [1.807, 2.05) is 0 Å². The van der Waals surface area contributed by atoms with E-state index in [0.717, 1.165) is 11.8 Å². The average molecular weight is 342 g/mol. The SMILES string of the molecule is CCN1CC2c3ccccc3CCC2C1Cc1cccc(C)c1.Cl. The zero-order valence-corrected chi connectivity index (χ0v) is 15.6. The smallest absolute Gasteiger partial charge is 0.0170 e. The molecule has 1 fully saturated rings. The van der Waals surface area contributed by atoms with Gasteiger partial charge in [0.2, 0.25) is 0 Å². The van der Waals surface area contributed by atoms with E-state index in [4.69, 9.17) is 0 Å². The molecule has 128 valence electrons. The topological polar surface area (TPSA) is 3.24 Å². The Morgan fingerprint density at radius 1 is 1.08 bits per heavy atom. The van der Waals surface area contributed by atoms with Crippen molar-refractivity contribution in [3.63, 3.8) is 0 Å². The Kier molecular flexibility index (Phi) is 5.32. The fourth-order valence-corrected chi connectivity index (χ4v) is 4.96. The van der Waals surface area contributed by atoms with Crippen molar-refractivity contribution >= 4 is 12.4 Å². The summed E-state index contributed by atoms with van der Waals surface area (Å²) >= 11 is 0. The van der Waals surface area contributed by atoms with E-state index in [2.05, 4.69) is 67.3 Å². The van der Waals surface area contributed by atoms with E-state index < -0.39 is 0 Å². The Morgan fingerprint density at radius 2 is 1.92 bits per heavy atom. The summed E-state index contributed by atoms with van der Waals surface area (Å²) in [5.41, 5.74) is 6.12. The summed E-state index contributed by atoms with van der Waals surface area (Å²) in [5.74, 6) is 1.57. The van der Waals surface area contributed by atoms with Crippen LogP contribution in [0.25, 0.3) is 0 Å². The molecule has 1 aliphatic carbocycles. The number of benzene rings is 2. The maximum atomic E-state index is 2.74. The summed E-state index contributed by atoms with van der Waals surface area (Å²) in [6, 6.07) is 19.0. The molecule has 4 rings (SSSR count). The molecule has 2 heteroatoms. The van der Waals surface area contributed by atoms with Gasteiger partial charge in [-0.05, 0) is 55.3 Å². The van der Waals surface area contributed by atoms with Gasteiger partial charge in [0.05, 0.1) is 0 Å². The number of nitrogens with zero attached hydrogens (tertiary/aromatic N) is 1. The number of rotatable bonds is 3. The summed E-state index contributed by atoms with van der Waals surface area (Å²) < 4.78 is 0. The van der Waals surface area contributed by atoms with Crippen molar-refractivity contribution in [3.05, 3.63) is 70.8 Å². The van der Waals surface area contributed by atoms with Crippen LogP contribution in [0.4, 0.5) is 0 Å². The normalized spacial score (nSPS) is 25.7. The largest absolute Gasteiger partial charge is 0.299 e. The highest BCUT2D eigenvalue weighted by molar-refractivity contribution is 5.85. The van der Waals surface area contributed by atoms with E-state index in [9.17, 15) is 0 Å². The van der Waals surface area contributed by atoms with Gasteiger partial charge in [0.25, 0.3) is 0 Å². The summed E-state index contributed by atoms with van der Waals surface area (Å²) in [5, 5.41) is 0. The minimum atomic E-state index is 0. The first kappa shape index (κ1) is 17.5. The van der Waals surface area contributed by atoms with E-state index in [-0.39, 0.29) is 12.4 Å². The first-order valence-corrected chi connectivity index (χ1v) is 9.13. The summed E-state index contributed by atoms with van der Waals surface area (Å²) in [6.07, 6.45) is 3.83. The third kappa shape index (κ3) is 3.12. The van der Waals surface area contributed by atoms with Gasteiger partial charge in [-0.3, -0.25) is 4.90 Å². The minimum absolute atomic E-state index is 0. The molecule has 2 aromatic carbocycles. The molecule has 0 radical (unpaired) electrons. The lowest BCUT2D eigenvalue weighted by atomic mass is 9.73. The highest BCUT2D eigenvalue weighted by atomic mass is 35.5. The molecule has 0 bridgehead atoms. The average Bonchev–Trinajstić information content (AvgIpc) is 2.93. The van der Waals surface area contributed by atoms with Crippen LogP contribution in [0.1, 0.15) is 41.5 Å². The maximum absolute atomic E-state index is 2.74. The molecule has 1 nitrogen and oxygen atoms in total. The Hall–Kier alpha value is -1.31. The molecule has 0 saturated carbocycles. The molecule has 0 spiro atoms. The third-order valence-corrected chi connectivity index (χ3v) is 6.05. The van der Waals surface area contributed by atoms with Crippen LogP contribution in [0.2, 0.25) is 0 Å². The van der Waals surface area contributed by atoms with E-state index in [1.165, 1.54) is 43.5 Å². The molecule has 2 aliphatic rings. The Labute approximate surface area is 152 Å². The number of aryl methyl sites for hydroxylation is 2. The number of halogens is 1. The summed E-state index contributed by atoms with van der Waals surface area (Å²) in [6.45, 7) is 6.95. The van der Waals surface area contributed by atoms with Gasteiger partial charge in [-0.15, -0.1) is 12.4 Å². The standard InChI is InChI=1S/C22H27N.ClH/c1-3-23-15-21-19-10-5-4-9-18(19)11-12-20(21)22(23)14-17-8-6-7-16(2)13-17;/h4-10,13,20-22H,3,11-12,14-15H2,1-2H3;1H. The molecule has 0 amide bonds. The van der Waals surface area contributed by atoms with Crippen molar-refractivity contribution in [1.82, 2.24) is 4.90 Å². The molecule has 0 aromatic heterocycles. The van der Waals surface area contributed by atoms with E-state index in [0.29, 0.717) is 6.04 Å². The molecule has 2 aromatic rings. The molecule has 24 heavy (non-hydrogen) atoms. The number of hydrogen-bond acceptors (Lipinski definition) is 1. The molecule has 1 aliphatic heterocycles. The Bertz CT molecular complexity index is 696. The van der Waals surface area contributed by atoms with Gasteiger partial charge < -0.3 is 0 Å². The van der Waals surface area contributed by atoms with Crippen LogP contribution in [0.3, 0.4) is 0 Å². The van der Waals surface area contributed by atoms with Crippen molar-refractivity contribution < 1.29 is 0 Å². The van der Waals surface area contributed by atoms with Crippen LogP contribution in [0, 0.1) is 12.8 Å². The number of likely N-dealkylation sites (tertiary alicyclic amines) is 1. The first-order chi connectivity index (χ1) is 11.3.